The van der Waals surface area contributed by atoms with Crippen molar-refractivity contribution in [3.63, 3.8) is 0 Å². The lowest BCUT2D eigenvalue weighted by Crippen LogP contribution is -2.12. The molecule has 20 heavy (non-hydrogen) atoms. The second-order valence-electron chi connectivity index (χ2n) is 4.39. The van der Waals surface area contributed by atoms with Crippen LogP contribution in [0.25, 0.3) is 6.08 Å². The zero-order valence-electron chi connectivity index (χ0n) is 11.0. The first-order valence-electron chi connectivity index (χ1n) is 6.05. The number of carbonyl (C=O) groups excluding carboxylic acids is 1. The molecule has 0 radical (unpaired) electrons. The fraction of sp³-hybridized carbons (Fsp3) is 0.0625. The quantitative estimate of drug-likeness (QED) is 0.641. The van der Waals surface area contributed by atoms with E-state index in [0.29, 0.717) is 11.1 Å². The highest BCUT2D eigenvalue weighted by molar-refractivity contribution is 7.95. The van der Waals surface area contributed by atoms with Crippen molar-refractivity contribution in [3.05, 3.63) is 76.7 Å². The molecule has 0 atom stereocenters. The van der Waals surface area contributed by atoms with Crippen LogP contribution in [0.2, 0.25) is 0 Å². The first kappa shape index (κ1) is 14.2. The predicted molar refractivity (Wildman–Crippen MR) is 80.0 cm³/mol. The van der Waals surface area contributed by atoms with Gasteiger partial charge in [-0.1, -0.05) is 60.7 Å². The van der Waals surface area contributed by atoms with Crippen LogP contribution in [0, 0.1) is 0 Å². The molecule has 0 spiro atoms. The second-order valence-corrected chi connectivity index (χ2v) is 6.37. The SMILES string of the molecule is CS(=O)(=O)/C(=C/c1ccccc1)C(=O)c1ccccc1. The Hall–Kier alpha value is -2.20. The van der Waals surface area contributed by atoms with Crippen LogP contribution in [0.4, 0.5) is 0 Å². The van der Waals surface area contributed by atoms with E-state index in [0.717, 1.165) is 6.26 Å². The number of rotatable bonds is 4. The number of benzene rings is 2. The van der Waals surface area contributed by atoms with E-state index in [1.807, 2.05) is 6.07 Å². The molecule has 4 heteroatoms. The summed E-state index contributed by atoms with van der Waals surface area (Å²) >= 11 is 0. The fourth-order valence-corrected chi connectivity index (χ4v) is 2.58. The van der Waals surface area contributed by atoms with Crippen molar-refractivity contribution in [2.24, 2.45) is 0 Å². The summed E-state index contributed by atoms with van der Waals surface area (Å²) in [5, 5.41) is 0. The minimum atomic E-state index is -3.60. The zero-order chi connectivity index (χ0) is 14.6. The maximum atomic E-state index is 12.3. The Bertz CT molecular complexity index is 730. The Labute approximate surface area is 118 Å². The van der Waals surface area contributed by atoms with E-state index in [1.54, 1.807) is 54.6 Å². The van der Waals surface area contributed by atoms with Gasteiger partial charge in [0, 0.05) is 11.8 Å². The van der Waals surface area contributed by atoms with Crippen LogP contribution in [0.5, 0.6) is 0 Å². The van der Waals surface area contributed by atoms with Crippen LogP contribution >= 0.6 is 0 Å². The molecule has 2 aromatic rings. The lowest BCUT2D eigenvalue weighted by atomic mass is 10.1. The largest absolute Gasteiger partial charge is 0.288 e. The smallest absolute Gasteiger partial charge is 0.204 e. The van der Waals surface area contributed by atoms with E-state index in [9.17, 15) is 13.2 Å². The molecule has 0 N–H and O–H groups in total. The van der Waals surface area contributed by atoms with Gasteiger partial charge in [0.15, 0.2) is 9.84 Å². The highest BCUT2D eigenvalue weighted by Crippen LogP contribution is 2.17. The molecular weight excluding hydrogens is 272 g/mol. The summed E-state index contributed by atoms with van der Waals surface area (Å²) in [6.07, 6.45) is 2.45. The van der Waals surface area contributed by atoms with Gasteiger partial charge >= 0.3 is 0 Å². The molecule has 0 fully saturated rings. The number of allylic oxidation sites excluding steroid dienone is 1. The van der Waals surface area contributed by atoms with E-state index in [1.165, 1.54) is 6.08 Å². The van der Waals surface area contributed by atoms with E-state index in [2.05, 4.69) is 0 Å². The molecule has 3 nitrogen and oxygen atoms in total. The molecule has 0 aliphatic rings. The molecule has 0 unspecified atom stereocenters. The van der Waals surface area contributed by atoms with Crippen molar-refractivity contribution < 1.29 is 13.2 Å². The molecule has 0 aromatic heterocycles. The van der Waals surface area contributed by atoms with Crippen molar-refractivity contribution in [1.82, 2.24) is 0 Å². The van der Waals surface area contributed by atoms with Gasteiger partial charge in [-0.25, -0.2) is 8.42 Å². The first-order valence-corrected chi connectivity index (χ1v) is 7.94. The van der Waals surface area contributed by atoms with E-state index in [4.69, 9.17) is 0 Å². The third-order valence-electron chi connectivity index (χ3n) is 2.76. The van der Waals surface area contributed by atoms with Gasteiger partial charge in [-0.05, 0) is 11.6 Å². The third kappa shape index (κ3) is 3.42. The minimum Gasteiger partial charge on any atom is -0.288 e. The molecule has 0 heterocycles. The number of hydrogen-bond donors (Lipinski definition) is 0. The molecule has 0 saturated heterocycles. The monoisotopic (exact) mass is 286 g/mol. The Morgan fingerprint density at radius 3 is 1.90 bits per heavy atom. The van der Waals surface area contributed by atoms with Gasteiger partial charge in [-0.15, -0.1) is 0 Å². The number of sulfone groups is 1. The van der Waals surface area contributed by atoms with Crippen molar-refractivity contribution in [2.75, 3.05) is 6.26 Å². The molecule has 0 amide bonds. The maximum Gasteiger partial charge on any atom is 0.204 e. The number of Topliss-reactive ketones (excluding diaryl/α,β-unsaturated/α-hetero) is 1. The van der Waals surface area contributed by atoms with E-state index < -0.39 is 15.6 Å². The van der Waals surface area contributed by atoms with Gasteiger partial charge in [0.05, 0.1) is 0 Å². The second kappa shape index (κ2) is 5.84. The Kier molecular flexibility index (Phi) is 4.15. The molecule has 2 rings (SSSR count). The minimum absolute atomic E-state index is 0.199. The highest BCUT2D eigenvalue weighted by Gasteiger charge is 2.21. The molecule has 0 bridgehead atoms. The highest BCUT2D eigenvalue weighted by atomic mass is 32.2. The van der Waals surface area contributed by atoms with Crippen LogP contribution < -0.4 is 0 Å². The lowest BCUT2D eigenvalue weighted by Gasteiger charge is -2.05. The van der Waals surface area contributed by atoms with Gasteiger partial charge < -0.3 is 0 Å². The van der Waals surface area contributed by atoms with Gasteiger partial charge in [0.1, 0.15) is 4.91 Å². The molecule has 0 aliphatic heterocycles. The van der Waals surface area contributed by atoms with Crippen molar-refractivity contribution in [1.29, 1.82) is 0 Å². The lowest BCUT2D eigenvalue weighted by molar-refractivity contribution is 0.104. The Morgan fingerprint density at radius 2 is 1.40 bits per heavy atom. The number of carbonyl (C=O) groups is 1. The normalized spacial score (nSPS) is 12.2. The standard InChI is InChI=1S/C16H14O3S/c1-20(18,19)15(12-13-8-4-2-5-9-13)16(17)14-10-6-3-7-11-14/h2-12H,1H3/b15-12+. The summed E-state index contributed by atoms with van der Waals surface area (Å²) in [7, 11) is -3.60. The van der Waals surface area contributed by atoms with Gasteiger partial charge in [-0.3, -0.25) is 4.79 Å². The molecule has 0 saturated carbocycles. The number of ketones is 1. The summed E-state index contributed by atoms with van der Waals surface area (Å²) in [6.45, 7) is 0. The van der Waals surface area contributed by atoms with Gasteiger partial charge in [-0.2, -0.15) is 0 Å². The summed E-state index contributed by atoms with van der Waals surface area (Å²) in [6, 6.07) is 17.3. The zero-order valence-corrected chi connectivity index (χ0v) is 11.8. The van der Waals surface area contributed by atoms with Crippen LogP contribution in [0.1, 0.15) is 15.9 Å². The summed E-state index contributed by atoms with van der Waals surface area (Å²) in [5.74, 6) is -0.489. The first-order chi connectivity index (χ1) is 9.48. The van der Waals surface area contributed by atoms with Crippen molar-refractivity contribution >= 4 is 21.7 Å². The van der Waals surface area contributed by atoms with Gasteiger partial charge in [0.25, 0.3) is 0 Å². The average molecular weight is 286 g/mol. The summed E-state index contributed by atoms with van der Waals surface area (Å²) in [4.78, 5) is 12.1. The molecule has 2 aromatic carbocycles. The Morgan fingerprint density at radius 1 is 0.900 bits per heavy atom. The van der Waals surface area contributed by atoms with Crippen LogP contribution in [0.3, 0.4) is 0 Å². The summed E-state index contributed by atoms with van der Waals surface area (Å²) in [5.41, 5.74) is 1.04. The van der Waals surface area contributed by atoms with Crippen molar-refractivity contribution in [3.8, 4) is 0 Å². The van der Waals surface area contributed by atoms with Crippen molar-refractivity contribution in [2.45, 2.75) is 0 Å². The van der Waals surface area contributed by atoms with Crippen LogP contribution in [0.15, 0.2) is 65.6 Å². The summed E-state index contributed by atoms with van der Waals surface area (Å²) < 4.78 is 23.7. The topological polar surface area (TPSA) is 51.2 Å². The van der Waals surface area contributed by atoms with Crippen LogP contribution in [-0.4, -0.2) is 20.5 Å². The third-order valence-corrected chi connectivity index (χ3v) is 3.86. The van der Waals surface area contributed by atoms with E-state index >= 15 is 0 Å². The van der Waals surface area contributed by atoms with Crippen LogP contribution in [-0.2, 0) is 9.84 Å². The van der Waals surface area contributed by atoms with Gasteiger partial charge in [0.2, 0.25) is 5.78 Å². The Balaban J connectivity index is 2.51. The molecule has 0 aliphatic carbocycles. The van der Waals surface area contributed by atoms with E-state index in [-0.39, 0.29) is 4.91 Å². The predicted octanol–water partition coefficient (Wildman–Crippen LogP) is 2.96. The maximum absolute atomic E-state index is 12.3. The fourth-order valence-electron chi connectivity index (χ4n) is 1.77. The molecular formula is C16H14O3S. The average Bonchev–Trinajstić information content (AvgIpc) is 2.45. The number of hydrogen-bond acceptors (Lipinski definition) is 3. The molecule has 102 valence electrons.